The van der Waals surface area contributed by atoms with E-state index in [2.05, 4.69) is 52.5 Å². The molecule has 3 aliphatic carbocycles. The summed E-state index contributed by atoms with van der Waals surface area (Å²) < 4.78 is 0. The average Bonchev–Trinajstić information content (AvgIpc) is 3.00. The fourth-order valence-electron chi connectivity index (χ4n) is 6.48. The fraction of sp³-hybridized carbons (Fsp3) is 0.704. The van der Waals surface area contributed by atoms with Crippen molar-refractivity contribution in [2.45, 2.75) is 104 Å². The molecule has 0 aromatic rings. The lowest BCUT2D eigenvalue weighted by atomic mass is 9.59. The Morgan fingerprint density at radius 2 is 1.97 bits per heavy atom. The van der Waals surface area contributed by atoms with Gasteiger partial charge in [0.05, 0.1) is 11.7 Å². The third-order valence-electron chi connectivity index (χ3n) is 8.11. The topological polar surface area (TPSA) is 40.5 Å². The average molecular weight is 399 g/mol. The van der Waals surface area contributed by atoms with E-state index in [0.29, 0.717) is 11.8 Å². The molecule has 2 N–H and O–H groups in total. The van der Waals surface area contributed by atoms with Gasteiger partial charge in [0.1, 0.15) is 0 Å². The molecule has 0 unspecified atom stereocenters. The van der Waals surface area contributed by atoms with E-state index in [1.165, 1.54) is 42.4 Å². The molecule has 29 heavy (non-hydrogen) atoms. The maximum atomic E-state index is 11.4. The van der Waals surface area contributed by atoms with Crippen LogP contribution in [0.4, 0.5) is 0 Å². The second-order valence-electron chi connectivity index (χ2n) is 10.7. The molecule has 5 atom stereocenters. The van der Waals surface area contributed by atoms with Gasteiger partial charge in [0.2, 0.25) is 0 Å². The van der Waals surface area contributed by atoms with E-state index in [0.717, 1.165) is 38.5 Å². The van der Waals surface area contributed by atoms with Crippen LogP contribution in [0.2, 0.25) is 0 Å². The van der Waals surface area contributed by atoms with Gasteiger partial charge < -0.3 is 10.2 Å². The van der Waals surface area contributed by atoms with Crippen LogP contribution in [-0.2, 0) is 0 Å². The molecule has 0 aromatic carbocycles. The maximum Gasteiger partial charge on any atom is 0.0656 e. The first-order valence-electron chi connectivity index (χ1n) is 11.7. The van der Waals surface area contributed by atoms with Crippen molar-refractivity contribution in [3.63, 3.8) is 0 Å². The molecule has 162 valence electrons. The zero-order chi connectivity index (χ0) is 21.2. The smallest absolute Gasteiger partial charge is 0.0656 e. The first kappa shape index (κ1) is 22.6. The summed E-state index contributed by atoms with van der Waals surface area (Å²) >= 11 is 0. The molecule has 0 aromatic heterocycles. The lowest BCUT2D eigenvalue weighted by molar-refractivity contribution is -0.0634. The minimum absolute atomic E-state index is 0.195. The van der Waals surface area contributed by atoms with Gasteiger partial charge in [-0.15, -0.1) is 0 Å². The van der Waals surface area contributed by atoms with Crippen LogP contribution in [0.25, 0.3) is 0 Å². The predicted molar refractivity (Wildman–Crippen MR) is 123 cm³/mol. The van der Waals surface area contributed by atoms with Gasteiger partial charge >= 0.3 is 0 Å². The van der Waals surface area contributed by atoms with E-state index >= 15 is 0 Å². The lowest BCUT2D eigenvalue weighted by Gasteiger charge is -2.47. The molecule has 0 spiro atoms. The summed E-state index contributed by atoms with van der Waals surface area (Å²) in [5.74, 6) is 0.947. The SMILES string of the molecule is C=C1CC[C@H](O)C/C1=C/C=C1\CCC[C@@]2(C)[C@H]1CC[C@@H]2[C@@](C)(O)CCC=C(C)C. The van der Waals surface area contributed by atoms with Crippen LogP contribution in [0, 0.1) is 17.3 Å². The minimum atomic E-state index is -0.599. The lowest BCUT2D eigenvalue weighted by Crippen LogP contribution is -2.45. The molecule has 3 fully saturated rings. The molecule has 0 saturated heterocycles. The van der Waals surface area contributed by atoms with Gasteiger partial charge in [0.25, 0.3) is 0 Å². The third-order valence-corrected chi connectivity index (χ3v) is 8.11. The number of aliphatic hydroxyl groups is 2. The molecule has 3 aliphatic rings. The highest BCUT2D eigenvalue weighted by Crippen LogP contribution is 2.60. The Morgan fingerprint density at radius 1 is 1.21 bits per heavy atom. The summed E-state index contributed by atoms with van der Waals surface area (Å²) in [6.07, 6.45) is 16.9. The quantitative estimate of drug-likeness (QED) is 0.509. The van der Waals surface area contributed by atoms with E-state index in [-0.39, 0.29) is 11.5 Å². The Morgan fingerprint density at radius 3 is 2.69 bits per heavy atom. The Balaban J connectivity index is 1.77. The van der Waals surface area contributed by atoms with Crippen LogP contribution in [0.1, 0.15) is 91.9 Å². The molecule has 2 heteroatoms. The number of fused-ring (bicyclic) bond motifs is 1. The van der Waals surface area contributed by atoms with Crippen molar-refractivity contribution in [3.05, 3.63) is 47.1 Å². The van der Waals surface area contributed by atoms with Gasteiger partial charge in [0, 0.05) is 0 Å². The maximum absolute atomic E-state index is 11.4. The van der Waals surface area contributed by atoms with Crippen molar-refractivity contribution in [3.8, 4) is 0 Å². The molecule has 2 nitrogen and oxygen atoms in total. The first-order valence-corrected chi connectivity index (χ1v) is 11.7. The normalized spacial score (nSPS) is 37.4. The van der Waals surface area contributed by atoms with Gasteiger partial charge in [-0.2, -0.15) is 0 Å². The van der Waals surface area contributed by atoms with Crippen LogP contribution in [0.3, 0.4) is 0 Å². The Hall–Kier alpha value is -1.12. The van der Waals surface area contributed by atoms with Gasteiger partial charge in [0.15, 0.2) is 0 Å². The molecule has 0 bridgehead atoms. The van der Waals surface area contributed by atoms with Crippen LogP contribution >= 0.6 is 0 Å². The monoisotopic (exact) mass is 398 g/mol. The zero-order valence-corrected chi connectivity index (χ0v) is 19.1. The van der Waals surface area contributed by atoms with Crippen molar-refractivity contribution < 1.29 is 10.2 Å². The van der Waals surface area contributed by atoms with Gasteiger partial charge in [-0.05, 0) is 108 Å². The molecular formula is C27H42O2. The number of allylic oxidation sites excluding steroid dienone is 6. The summed E-state index contributed by atoms with van der Waals surface area (Å²) in [5.41, 5.74) is 4.91. The van der Waals surface area contributed by atoms with E-state index in [9.17, 15) is 10.2 Å². The van der Waals surface area contributed by atoms with Crippen molar-refractivity contribution in [1.29, 1.82) is 0 Å². The van der Waals surface area contributed by atoms with E-state index in [4.69, 9.17) is 0 Å². The van der Waals surface area contributed by atoms with E-state index in [1.54, 1.807) is 5.57 Å². The summed E-state index contributed by atoms with van der Waals surface area (Å²) in [6, 6.07) is 0. The Bertz CT molecular complexity index is 704. The highest BCUT2D eigenvalue weighted by molar-refractivity contribution is 5.36. The zero-order valence-electron chi connectivity index (χ0n) is 19.1. The van der Waals surface area contributed by atoms with Gasteiger partial charge in [-0.1, -0.05) is 48.5 Å². The van der Waals surface area contributed by atoms with Gasteiger partial charge in [-0.25, -0.2) is 0 Å². The molecule has 0 aliphatic heterocycles. The van der Waals surface area contributed by atoms with E-state index in [1.807, 2.05) is 0 Å². The standard InChI is InChI=1S/C27H42O2/c1-19(2)8-6-17-27(5,29)25-15-14-24-21(9-7-16-26(24,25)4)11-12-22-18-23(28)13-10-20(22)3/h8,11-12,23-25,28-29H,3,6-7,9-10,13-18H2,1-2,4-5H3/b21-11+,22-12-/t23-,24-,25-,26-,27-/m0/s1. The van der Waals surface area contributed by atoms with Gasteiger partial charge in [-0.3, -0.25) is 0 Å². The van der Waals surface area contributed by atoms with Crippen LogP contribution in [-0.4, -0.2) is 21.9 Å². The second kappa shape index (κ2) is 8.94. The van der Waals surface area contributed by atoms with E-state index < -0.39 is 5.60 Å². The van der Waals surface area contributed by atoms with Crippen molar-refractivity contribution >= 4 is 0 Å². The number of hydrogen-bond donors (Lipinski definition) is 2. The van der Waals surface area contributed by atoms with Crippen molar-refractivity contribution in [2.75, 3.05) is 0 Å². The van der Waals surface area contributed by atoms with Crippen molar-refractivity contribution in [1.82, 2.24) is 0 Å². The number of hydrogen-bond acceptors (Lipinski definition) is 2. The molecule has 0 radical (unpaired) electrons. The largest absolute Gasteiger partial charge is 0.393 e. The molecular weight excluding hydrogens is 356 g/mol. The fourth-order valence-corrected chi connectivity index (χ4v) is 6.48. The summed E-state index contributed by atoms with van der Waals surface area (Å²) in [7, 11) is 0. The number of rotatable bonds is 5. The van der Waals surface area contributed by atoms with Crippen LogP contribution < -0.4 is 0 Å². The van der Waals surface area contributed by atoms with Crippen LogP contribution in [0.5, 0.6) is 0 Å². The molecule has 0 heterocycles. The van der Waals surface area contributed by atoms with Crippen molar-refractivity contribution in [2.24, 2.45) is 17.3 Å². The Labute approximate surface area is 178 Å². The second-order valence-corrected chi connectivity index (χ2v) is 10.7. The Kier molecular flexibility index (Phi) is 6.95. The highest BCUT2D eigenvalue weighted by Gasteiger charge is 2.54. The molecule has 3 rings (SSSR count). The summed E-state index contributed by atoms with van der Waals surface area (Å²) in [4.78, 5) is 0. The number of aliphatic hydroxyl groups excluding tert-OH is 1. The van der Waals surface area contributed by atoms with Crippen LogP contribution in [0.15, 0.2) is 47.1 Å². The molecule has 3 saturated carbocycles. The summed E-state index contributed by atoms with van der Waals surface area (Å²) in [5, 5.41) is 21.4. The summed E-state index contributed by atoms with van der Waals surface area (Å²) in [6.45, 7) is 13.0. The highest BCUT2D eigenvalue weighted by atomic mass is 16.3. The molecule has 0 amide bonds. The first-order chi connectivity index (χ1) is 13.6. The minimum Gasteiger partial charge on any atom is -0.393 e. The third kappa shape index (κ3) is 4.97. The predicted octanol–water partition coefficient (Wildman–Crippen LogP) is 6.65.